The molecule has 0 atom stereocenters. The molecular formula is C16H19NO2. The van der Waals surface area contributed by atoms with Crippen LogP contribution in [-0.2, 0) is 0 Å². The zero-order valence-electron chi connectivity index (χ0n) is 11.3. The maximum atomic E-state index is 5.51. The van der Waals surface area contributed by atoms with Gasteiger partial charge in [-0.25, -0.2) is 0 Å². The second kappa shape index (κ2) is 5.39. The van der Waals surface area contributed by atoms with E-state index in [1.54, 1.807) is 13.4 Å². The molecule has 0 unspecified atom stereocenters. The van der Waals surface area contributed by atoms with Crippen LogP contribution in [0.4, 0.5) is 5.69 Å². The third-order valence-corrected chi connectivity index (χ3v) is 3.69. The Bertz CT molecular complexity index is 528. The normalized spacial score (nSPS) is 15.5. The van der Waals surface area contributed by atoms with Crippen LogP contribution in [0.5, 0.6) is 5.75 Å². The van der Waals surface area contributed by atoms with Gasteiger partial charge in [-0.3, -0.25) is 0 Å². The van der Waals surface area contributed by atoms with Crippen LogP contribution in [0.1, 0.15) is 19.3 Å². The summed E-state index contributed by atoms with van der Waals surface area (Å²) in [6.07, 6.45) is 5.59. The standard InChI is InChI=1S/C16H19NO2/c1-18-16-12-13(17-9-3-2-4-10-17)7-8-14(16)15-6-5-11-19-15/h5-8,11-12H,2-4,9-10H2,1H3. The maximum absolute atomic E-state index is 5.51. The Morgan fingerprint density at radius 1 is 1.11 bits per heavy atom. The average Bonchev–Trinajstić information content (AvgIpc) is 3.01. The lowest BCUT2D eigenvalue weighted by Gasteiger charge is -2.29. The predicted molar refractivity (Wildman–Crippen MR) is 76.8 cm³/mol. The molecule has 2 heterocycles. The van der Waals surface area contributed by atoms with Gasteiger partial charge in [0.15, 0.2) is 0 Å². The lowest BCUT2D eigenvalue weighted by molar-refractivity contribution is 0.414. The van der Waals surface area contributed by atoms with E-state index in [4.69, 9.17) is 9.15 Å². The van der Waals surface area contributed by atoms with Crippen molar-refractivity contribution in [3.8, 4) is 17.1 Å². The van der Waals surface area contributed by atoms with Gasteiger partial charge in [-0.2, -0.15) is 0 Å². The van der Waals surface area contributed by atoms with E-state index >= 15 is 0 Å². The van der Waals surface area contributed by atoms with E-state index in [2.05, 4.69) is 23.1 Å². The van der Waals surface area contributed by atoms with Crippen LogP contribution < -0.4 is 9.64 Å². The van der Waals surface area contributed by atoms with Crippen molar-refractivity contribution in [3.63, 3.8) is 0 Å². The first kappa shape index (κ1) is 12.2. The SMILES string of the molecule is COc1cc(N2CCCCC2)ccc1-c1ccco1. The van der Waals surface area contributed by atoms with Crippen LogP contribution in [0.25, 0.3) is 11.3 Å². The fraction of sp³-hybridized carbons (Fsp3) is 0.375. The minimum atomic E-state index is 0.849. The van der Waals surface area contributed by atoms with Crippen molar-refractivity contribution in [1.82, 2.24) is 0 Å². The molecule has 0 saturated carbocycles. The summed E-state index contributed by atoms with van der Waals surface area (Å²) < 4.78 is 11.0. The number of nitrogens with zero attached hydrogens (tertiary/aromatic N) is 1. The van der Waals surface area contributed by atoms with Crippen molar-refractivity contribution >= 4 is 5.69 Å². The van der Waals surface area contributed by atoms with Gasteiger partial charge in [0.2, 0.25) is 0 Å². The summed E-state index contributed by atoms with van der Waals surface area (Å²) in [6.45, 7) is 2.28. The minimum absolute atomic E-state index is 0.849. The van der Waals surface area contributed by atoms with Crippen LogP contribution in [0.15, 0.2) is 41.0 Å². The third kappa shape index (κ3) is 2.46. The smallest absolute Gasteiger partial charge is 0.137 e. The Labute approximate surface area is 113 Å². The molecule has 3 nitrogen and oxygen atoms in total. The first-order chi connectivity index (χ1) is 9.38. The number of anilines is 1. The van der Waals surface area contributed by atoms with Crippen LogP contribution in [0.2, 0.25) is 0 Å². The Hall–Kier alpha value is -1.90. The fourth-order valence-corrected chi connectivity index (χ4v) is 2.66. The zero-order chi connectivity index (χ0) is 13.1. The number of methoxy groups -OCH3 is 1. The van der Waals surface area contributed by atoms with Gasteiger partial charge >= 0.3 is 0 Å². The van der Waals surface area contributed by atoms with E-state index in [1.807, 2.05) is 12.1 Å². The summed E-state index contributed by atoms with van der Waals surface area (Å²) in [5.74, 6) is 1.72. The monoisotopic (exact) mass is 257 g/mol. The molecule has 2 aromatic rings. The number of benzene rings is 1. The molecule has 1 aliphatic heterocycles. The lowest BCUT2D eigenvalue weighted by atomic mass is 10.1. The summed E-state index contributed by atoms with van der Waals surface area (Å²) in [5, 5.41) is 0. The molecule has 0 amide bonds. The van der Waals surface area contributed by atoms with Crippen molar-refractivity contribution in [2.75, 3.05) is 25.1 Å². The largest absolute Gasteiger partial charge is 0.496 e. The molecule has 0 radical (unpaired) electrons. The van der Waals surface area contributed by atoms with Crippen molar-refractivity contribution < 1.29 is 9.15 Å². The number of ether oxygens (including phenoxy) is 1. The molecule has 0 bridgehead atoms. The molecule has 1 fully saturated rings. The highest BCUT2D eigenvalue weighted by Crippen LogP contribution is 2.34. The molecule has 3 heteroatoms. The van der Waals surface area contributed by atoms with Crippen LogP contribution in [0, 0.1) is 0 Å². The maximum Gasteiger partial charge on any atom is 0.137 e. The summed E-state index contributed by atoms with van der Waals surface area (Å²) in [7, 11) is 1.71. The number of rotatable bonds is 3. The van der Waals surface area contributed by atoms with E-state index in [-0.39, 0.29) is 0 Å². The number of piperidine rings is 1. The van der Waals surface area contributed by atoms with Crippen molar-refractivity contribution in [2.24, 2.45) is 0 Å². The molecule has 19 heavy (non-hydrogen) atoms. The van der Waals surface area contributed by atoms with Crippen molar-refractivity contribution in [1.29, 1.82) is 0 Å². The molecule has 1 aromatic carbocycles. The Morgan fingerprint density at radius 3 is 2.63 bits per heavy atom. The fourth-order valence-electron chi connectivity index (χ4n) is 2.66. The van der Waals surface area contributed by atoms with Crippen molar-refractivity contribution in [2.45, 2.75) is 19.3 Å². The van der Waals surface area contributed by atoms with Gasteiger partial charge in [-0.15, -0.1) is 0 Å². The van der Waals surface area contributed by atoms with E-state index in [9.17, 15) is 0 Å². The Morgan fingerprint density at radius 2 is 1.95 bits per heavy atom. The summed E-state index contributed by atoms with van der Waals surface area (Å²) in [6, 6.07) is 10.2. The van der Waals surface area contributed by atoms with Gasteiger partial charge in [-0.1, -0.05) is 0 Å². The molecule has 0 spiro atoms. The lowest BCUT2D eigenvalue weighted by Crippen LogP contribution is -2.29. The molecule has 100 valence electrons. The van der Waals surface area contributed by atoms with E-state index in [0.717, 1.165) is 30.2 Å². The topological polar surface area (TPSA) is 25.6 Å². The Kier molecular flexibility index (Phi) is 3.45. The van der Waals surface area contributed by atoms with Crippen molar-refractivity contribution in [3.05, 3.63) is 36.6 Å². The Balaban J connectivity index is 1.92. The van der Waals surface area contributed by atoms with Gasteiger partial charge in [0.05, 0.1) is 18.9 Å². The molecule has 1 aliphatic rings. The van der Waals surface area contributed by atoms with Gasteiger partial charge < -0.3 is 14.1 Å². The summed E-state index contributed by atoms with van der Waals surface area (Å²) in [4.78, 5) is 2.43. The predicted octanol–water partition coefficient (Wildman–Crippen LogP) is 3.95. The summed E-state index contributed by atoms with van der Waals surface area (Å²) in [5.41, 5.74) is 2.25. The first-order valence-corrected chi connectivity index (χ1v) is 6.85. The van der Waals surface area contributed by atoms with Crippen LogP contribution >= 0.6 is 0 Å². The molecule has 1 aromatic heterocycles. The highest BCUT2D eigenvalue weighted by atomic mass is 16.5. The van der Waals surface area contributed by atoms with Crippen LogP contribution in [-0.4, -0.2) is 20.2 Å². The molecule has 0 aliphatic carbocycles. The third-order valence-electron chi connectivity index (χ3n) is 3.69. The first-order valence-electron chi connectivity index (χ1n) is 6.85. The highest BCUT2D eigenvalue weighted by Gasteiger charge is 2.14. The highest BCUT2D eigenvalue weighted by molar-refractivity contribution is 5.70. The molecule has 3 rings (SSSR count). The molecule has 1 saturated heterocycles. The molecular weight excluding hydrogens is 238 g/mol. The number of hydrogen-bond donors (Lipinski definition) is 0. The number of hydrogen-bond acceptors (Lipinski definition) is 3. The number of furan rings is 1. The summed E-state index contributed by atoms with van der Waals surface area (Å²) >= 11 is 0. The van der Waals surface area contributed by atoms with Gasteiger partial charge in [-0.05, 0) is 43.5 Å². The second-order valence-corrected chi connectivity index (χ2v) is 4.91. The van der Waals surface area contributed by atoms with E-state index in [0.29, 0.717) is 0 Å². The van der Waals surface area contributed by atoms with Crippen LogP contribution in [0.3, 0.4) is 0 Å². The van der Waals surface area contributed by atoms with E-state index in [1.165, 1.54) is 24.9 Å². The molecule has 0 N–H and O–H groups in total. The average molecular weight is 257 g/mol. The quantitative estimate of drug-likeness (QED) is 0.832. The zero-order valence-corrected chi connectivity index (χ0v) is 11.3. The van der Waals surface area contributed by atoms with Gasteiger partial charge in [0.25, 0.3) is 0 Å². The van der Waals surface area contributed by atoms with E-state index < -0.39 is 0 Å². The van der Waals surface area contributed by atoms with Gasteiger partial charge in [0.1, 0.15) is 11.5 Å². The minimum Gasteiger partial charge on any atom is -0.496 e. The second-order valence-electron chi connectivity index (χ2n) is 4.91. The van der Waals surface area contributed by atoms with Gasteiger partial charge in [0, 0.05) is 24.8 Å².